The third-order valence-corrected chi connectivity index (χ3v) is 5.35. The maximum atomic E-state index is 12.9. The van der Waals surface area contributed by atoms with E-state index in [-0.39, 0.29) is 24.3 Å². The van der Waals surface area contributed by atoms with Crippen LogP contribution in [0.4, 0.5) is 0 Å². The molecule has 134 valence electrons. The van der Waals surface area contributed by atoms with Gasteiger partial charge in [-0.25, -0.2) is 0 Å². The fourth-order valence-electron chi connectivity index (χ4n) is 4.05. The topological polar surface area (TPSA) is 77.5 Å². The van der Waals surface area contributed by atoms with E-state index in [4.69, 9.17) is 4.42 Å². The first-order chi connectivity index (χ1) is 12.7. The van der Waals surface area contributed by atoms with Crippen LogP contribution in [0.2, 0.25) is 0 Å². The number of likely N-dealkylation sites (tertiary alicyclic amines) is 2. The van der Waals surface area contributed by atoms with Crippen LogP contribution in [0.25, 0.3) is 11.0 Å². The monoisotopic (exact) mass is 351 g/mol. The Kier molecular flexibility index (Phi) is 4.37. The standard InChI is InChI=1S/C20H21N3O3/c21-13-15-6-3-9-22(15)20(25)17-7-4-10-23(17)19(24)12-16-11-14-5-1-2-8-18(14)26-16/h1-2,5,8,11,15,17H,3-4,6-7,9-10,12H2/t15-,17+/m0/s1. The van der Waals surface area contributed by atoms with Crippen molar-refractivity contribution in [1.82, 2.24) is 9.80 Å². The zero-order valence-corrected chi connectivity index (χ0v) is 14.6. The second-order valence-electron chi connectivity index (χ2n) is 6.99. The Hall–Kier alpha value is -2.81. The molecule has 2 aromatic rings. The van der Waals surface area contributed by atoms with E-state index in [1.165, 1.54) is 0 Å². The summed E-state index contributed by atoms with van der Waals surface area (Å²) in [6.45, 7) is 1.19. The highest BCUT2D eigenvalue weighted by Gasteiger charge is 2.40. The van der Waals surface area contributed by atoms with Gasteiger partial charge in [-0.3, -0.25) is 9.59 Å². The van der Waals surface area contributed by atoms with E-state index in [1.54, 1.807) is 9.80 Å². The number of furan rings is 1. The number of nitriles is 1. The molecule has 2 aliphatic rings. The lowest BCUT2D eigenvalue weighted by Gasteiger charge is -2.29. The number of carbonyl (C=O) groups is 2. The summed E-state index contributed by atoms with van der Waals surface area (Å²) >= 11 is 0. The highest BCUT2D eigenvalue weighted by Crippen LogP contribution is 2.26. The number of hydrogen-bond acceptors (Lipinski definition) is 4. The molecule has 2 atom stereocenters. The number of fused-ring (bicyclic) bond motifs is 1. The lowest BCUT2D eigenvalue weighted by atomic mass is 10.1. The van der Waals surface area contributed by atoms with Crippen molar-refractivity contribution >= 4 is 22.8 Å². The minimum Gasteiger partial charge on any atom is -0.461 e. The maximum Gasteiger partial charge on any atom is 0.246 e. The Morgan fingerprint density at radius 1 is 1.15 bits per heavy atom. The van der Waals surface area contributed by atoms with E-state index in [0.717, 1.165) is 30.2 Å². The summed E-state index contributed by atoms with van der Waals surface area (Å²) in [6, 6.07) is 10.9. The molecule has 6 nitrogen and oxygen atoms in total. The van der Waals surface area contributed by atoms with Crippen LogP contribution in [0.3, 0.4) is 0 Å². The molecule has 0 N–H and O–H groups in total. The van der Waals surface area contributed by atoms with Crippen molar-refractivity contribution in [2.24, 2.45) is 0 Å². The van der Waals surface area contributed by atoms with Gasteiger partial charge in [0.1, 0.15) is 23.4 Å². The predicted octanol–water partition coefficient (Wildman–Crippen LogP) is 2.48. The highest BCUT2D eigenvalue weighted by atomic mass is 16.3. The van der Waals surface area contributed by atoms with Gasteiger partial charge in [-0.15, -0.1) is 0 Å². The molecular weight excluding hydrogens is 330 g/mol. The number of amides is 2. The number of hydrogen-bond donors (Lipinski definition) is 0. The first-order valence-electron chi connectivity index (χ1n) is 9.14. The van der Waals surface area contributed by atoms with Gasteiger partial charge in [0.25, 0.3) is 0 Å². The molecule has 0 radical (unpaired) electrons. The van der Waals surface area contributed by atoms with Gasteiger partial charge in [0.2, 0.25) is 11.8 Å². The largest absolute Gasteiger partial charge is 0.461 e. The smallest absolute Gasteiger partial charge is 0.246 e. The molecule has 2 aliphatic heterocycles. The fourth-order valence-corrected chi connectivity index (χ4v) is 4.05. The number of carbonyl (C=O) groups excluding carboxylic acids is 2. The molecule has 0 unspecified atom stereocenters. The SMILES string of the molecule is N#C[C@@H]1CCCN1C(=O)[C@H]1CCCN1C(=O)Cc1cc2ccccc2o1. The molecule has 0 aliphatic carbocycles. The van der Waals surface area contributed by atoms with Gasteiger partial charge in [-0.05, 0) is 37.8 Å². The molecule has 2 fully saturated rings. The van der Waals surface area contributed by atoms with E-state index < -0.39 is 6.04 Å². The molecule has 0 spiro atoms. The lowest BCUT2D eigenvalue weighted by Crippen LogP contribution is -2.49. The normalized spacial score (nSPS) is 22.7. The summed E-state index contributed by atoms with van der Waals surface area (Å²) in [7, 11) is 0. The molecular formula is C20H21N3O3. The third kappa shape index (κ3) is 2.94. The quantitative estimate of drug-likeness (QED) is 0.851. The van der Waals surface area contributed by atoms with Crippen molar-refractivity contribution in [3.8, 4) is 6.07 Å². The average Bonchev–Trinajstić information content (AvgIpc) is 3.38. The van der Waals surface area contributed by atoms with Crippen LogP contribution in [-0.2, 0) is 16.0 Å². The minimum atomic E-state index is -0.444. The van der Waals surface area contributed by atoms with E-state index >= 15 is 0 Å². The summed E-state index contributed by atoms with van der Waals surface area (Å²) in [5.41, 5.74) is 0.762. The van der Waals surface area contributed by atoms with Crippen LogP contribution in [0.1, 0.15) is 31.4 Å². The molecule has 26 heavy (non-hydrogen) atoms. The van der Waals surface area contributed by atoms with Gasteiger partial charge in [0, 0.05) is 18.5 Å². The number of para-hydroxylation sites is 1. The summed E-state index contributed by atoms with van der Waals surface area (Å²) in [4.78, 5) is 29.0. The van der Waals surface area contributed by atoms with Gasteiger partial charge >= 0.3 is 0 Å². The Labute approximate surface area is 152 Å². The molecule has 0 bridgehead atoms. The third-order valence-electron chi connectivity index (χ3n) is 5.35. The van der Waals surface area contributed by atoms with Crippen LogP contribution in [-0.4, -0.2) is 46.8 Å². The van der Waals surface area contributed by atoms with Crippen LogP contribution in [0.15, 0.2) is 34.7 Å². The average molecular weight is 351 g/mol. The molecule has 4 rings (SSSR count). The summed E-state index contributed by atoms with van der Waals surface area (Å²) in [5.74, 6) is 0.447. The van der Waals surface area contributed by atoms with Crippen molar-refractivity contribution in [3.63, 3.8) is 0 Å². The summed E-state index contributed by atoms with van der Waals surface area (Å²) < 4.78 is 5.74. The van der Waals surface area contributed by atoms with E-state index in [1.807, 2.05) is 30.3 Å². The Bertz CT molecular complexity index is 849. The Morgan fingerprint density at radius 2 is 1.92 bits per heavy atom. The van der Waals surface area contributed by atoms with Crippen molar-refractivity contribution in [3.05, 3.63) is 36.1 Å². The van der Waals surface area contributed by atoms with Gasteiger partial charge in [0.05, 0.1) is 12.5 Å². The fraction of sp³-hybridized carbons (Fsp3) is 0.450. The molecule has 6 heteroatoms. The van der Waals surface area contributed by atoms with Gasteiger partial charge in [-0.1, -0.05) is 18.2 Å². The van der Waals surface area contributed by atoms with Crippen LogP contribution < -0.4 is 0 Å². The van der Waals surface area contributed by atoms with E-state index in [2.05, 4.69) is 6.07 Å². The molecule has 3 heterocycles. The zero-order chi connectivity index (χ0) is 18.1. The van der Waals surface area contributed by atoms with Crippen LogP contribution in [0, 0.1) is 11.3 Å². The number of benzene rings is 1. The summed E-state index contributed by atoms with van der Waals surface area (Å²) in [6.07, 6.45) is 3.21. The van der Waals surface area contributed by atoms with Crippen molar-refractivity contribution in [2.45, 2.75) is 44.2 Å². The first-order valence-corrected chi connectivity index (χ1v) is 9.14. The number of nitrogens with zero attached hydrogens (tertiary/aromatic N) is 3. The molecule has 0 saturated carbocycles. The second-order valence-corrected chi connectivity index (χ2v) is 6.99. The maximum absolute atomic E-state index is 12.9. The Morgan fingerprint density at radius 3 is 2.73 bits per heavy atom. The Balaban J connectivity index is 1.48. The van der Waals surface area contributed by atoms with Crippen molar-refractivity contribution in [1.29, 1.82) is 5.26 Å². The highest BCUT2D eigenvalue weighted by molar-refractivity contribution is 5.90. The first kappa shape index (κ1) is 16.6. The van der Waals surface area contributed by atoms with Crippen molar-refractivity contribution < 1.29 is 14.0 Å². The molecule has 2 amide bonds. The zero-order valence-electron chi connectivity index (χ0n) is 14.6. The van der Waals surface area contributed by atoms with Crippen LogP contribution >= 0.6 is 0 Å². The minimum absolute atomic E-state index is 0.0792. The predicted molar refractivity (Wildman–Crippen MR) is 95.0 cm³/mol. The number of rotatable bonds is 3. The lowest BCUT2D eigenvalue weighted by molar-refractivity contribution is -0.143. The second kappa shape index (κ2) is 6.83. The molecule has 1 aromatic heterocycles. The van der Waals surface area contributed by atoms with E-state index in [0.29, 0.717) is 25.3 Å². The summed E-state index contributed by atoms with van der Waals surface area (Å²) in [5, 5.41) is 10.2. The van der Waals surface area contributed by atoms with Gasteiger partial charge < -0.3 is 14.2 Å². The molecule has 1 aromatic carbocycles. The van der Waals surface area contributed by atoms with Gasteiger partial charge in [-0.2, -0.15) is 5.26 Å². The van der Waals surface area contributed by atoms with E-state index in [9.17, 15) is 14.9 Å². The van der Waals surface area contributed by atoms with Gasteiger partial charge in [0.15, 0.2) is 0 Å². The van der Waals surface area contributed by atoms with Crippen molar-refractivity contribution in [2.75, 3.05) is 13.1 Å². The molecule has 2 saturated heterocycles. The van der Waals surface area contributed by atoms with Crippen LogP contribution in [0.5, 0.6) is 0 Å².